The molecule has 10 aromatic carbocycles. The Hall–Kier alpha value is -7.42. The Labute approximate surface area is 325 Å². The van der Waals surface area contributed by atoms with Crippen molar-refractivity contribution in [3.63, 3.8) is 0 Å². The third kappa shape index (κ3) is 5.26. The summed E-state index contributed by atoms with van der Waals surface area (Å²) in [5.41, 5.74) is 11.6. The van der Waals surface area contributed by atoms with Gasteiger partial charge in [-0.15, -0.1) is 0 Å². The molecule has 0 saturated heterocycles. The van der Waals surface area contributed by atoms with E-state index in [9.17, 15) is 0 Å². The van der Waals surface area contributed by atoms with Gasteiger partial charge in [-0.2, -0.15) is 0 Å². The van der Waals surface area contributed by atoms with Crippen molar-refractivity contribution in [1.82, 2.24) is 4.57 Å². The first-order valence-electron chi connectivity index (χ1n) is 19.3. The van der Waals surface area contributed by atoms with Gasteiger partial charge in [-0.05, 0) is 104 Å². The Bertz CT molecular complexity index is 3210. The second-order valence-corrected chi connectivity index (χ2v) is 14.5. The van der Waals surface area contributed by atoms with Crippen molar-refractivity contribution in [1.29, 1.82) is 0 Å². The smallest absolute Gasteiger partial charge is 0.0546 e. The molecule has 1 aromatic heterocycles. The third-order valence-corrected chi connectivity index (χ3v) is 11.3. The molecule has 0 unspecified atom stereocenters. The Morgan fingerprint density at radius 3 is 1.64 bits per heavy atom. The number of anilines is 3. The molecule has 0 spiro atoms. The van der Waals surface area contributed by atoms with Gasteiger partial charge in [0.15, 0.2) is 0 Å². The lowest BCUT2D eigenvalue weighted by molar-refractivity contribution is 1.18. The summed E-state index contributed by atoms with van der Waals surface area (Å²) >= 11 is 0. The van der Waals surface area contributed by atoms with Crippen LogP contribution in [0.2, 0.25) is 0 Å². The van der Waals surface area contributed by atoms with E-state index in [2.05, 4.69) is 228 Å². The number of para-hydroxylation sites is 2. The molecule has 0 N–H and O–H groups in total. The van der Waals surface area contributed by atoms with Crippen LogP contribution in [0.1, 0.15) is 0 Å². The predicted octanol–water partition coefficient (Wildman–Crippen LogP) is 15.0. The quantitative estimate of drug-likeness (QED) is 0.156. The molecular weight excluding hydrogens is 677 g/mol. The normalized spacial score (nSPS) is 11.6. The fraction of sp³-hybridized carbons (Fsp3) is 0. The standard InChI is InChI=1S/C54H36N2/c1-2-16-38(17-3-1)51-36-44(31-32-46(51)40-20-14-21-42(34-40)56-52-27-12-10-25-49(52)50-26-11-13-28-53(50)56)55(43-30-29-37-15-4-5-18-39(37)33-43)54-35-41-19-6-7-22-45(41)47-23-8-9-24-48(47)54/h1-36H. The van der Waals surface area contributed by atoms with Crippen molar-refractivity contribution in [2.75, 3.05) is 4.90 Å². The zero-order valence-corrected chi connectivity index (χ0v) is 30.7. The maximum atomic E-state index is 2.45. The predicted molar refractivity (Wildman–Crippen MR) is 239 cm³/mol. The van der Waals surface area contributed by atoms with E-state index < -0.39 is 0 Å². The van der Waals surface area contributed by atoms with Crippen molar-refractivity contribution in [3.8, 4) is 27.9 Å². The highest BCUT2D eigenvalue weighted by Gasteiger charge is 2.20. The lowest BCUT2D eigenvalue weighted by Gasteiger charge is -2.29. The second-order valence-electron chi connectivity index (χ2n) is 14.5. The Balaban J connectivity index is 1.15. The van der Waals surface area contributed by atoms with Crippen LogP contribution in [-0.2, 0) is 0 Å². The first-order chi connectivity index (χ1) is 27.8. The highest BCUT2D eigenvalue weighted by molar-refractivity contribution is 6.15. The Morgan fingerprint density at radius 2 is 0.875 bits per heavy atom. The second kappa shape index (κ2) is 13.2. The minimum atomic E-state index is 1.10. The number of nitrogens with zero attached hydrogens (tertiary/aromatic N) is 2. The molecular formula is C54H36N2. The number of hydrogen-bond acceptors (Lipinski definition) is 1. The molecule has 0 aliphatic rings. The highest BCUT2D eigenvalue weighted by Crippen LogP contribution is 2.45. The minimum Gasteiger partial charge on any atom is -0.310 e. The summed E-state index contributed by atoms with van der Waals surface area (Å²) in [5, 5.41) is 9.89. The molecule has 56 heavy (non-hydrogen) atoms. The summed E-state index contributed by atoms with van der Waals surface area (Å²) in [7, 11) is 0. The summed E-state index contributed by atoms with van der Waals surface area (Å²) in [4.78, 5) is 2.45. The van der Waals surface area contributed by atoms with Crippen LogP contribution in [0.25, 0.3) is 82.1 Å². The van der Waals surface area contributed by atoms with Crippen molar-refractivity contribution < 1.29 is 0 Å². The lowest BCUT2D eigenvalue weighted by atomic mass is 9.93. The molecule has 11 aromatic rings. The molecule has 0 bridgehead atoms. The first kappa shape index (κ1) is 32.0. The molecule has 11 rings (SSSR count). The van der Waals surface area contributed by atoms with E-state index in [4.69, 9.17) is 0 Å². The molecule has 2 heteroatoms. The fourth-order valence-electron chi connectivity index (χ4n) is 8.76. The van der Waals surface area contributed by atoms with Crippen molar-refractivity contribution in [2.45, 2.75) is 0 Å². The van der Waals surface area contributed by atoms with E-state index in [0.29, 0.717) is 0 Å². The van der Waals surface area contributed by atoms with Gasteiger partial charge in [0.25, 0.3) is 0 Å². The number of benzene rings is 10. The molecule has 0 amide bonds. The van der Waals surface area contributed by atoms with Gasteiger partial charge in [0.05, 0.1) is 16.7 Å². The summed E-state index contributed by atoms with van der Waals surface area (Å²) < 4.78 is 2.40. The number of aromatic nitrogens is 1. The van der Waals surface area contributed by atoms with Gasteiger partial charge in [-0.3, -0.25) is 0 Å². The minimum absolute atomic E-state index is 1.10. The van der Waals surface area contributed by atoms with Crippen molar-refractivity contribution in [2.24, 2.45) is 0 Å². The lowest BCUT2D eigenvalue weighted by Crippen LogP contribution is -2.11. The number of hydrogen-bond donors (Lipinski definition) is 0. The van der Waals surface area contributed by atoms with Gasteiger partial charge < -0.3 is 9.47 Å². The summed E-state index contributed by atoms with van der Waals surface area (Å²) in [5.74, 6) is 0. The van der Waals surface area contributed by atoms with Gasteiger partial charge in [-0.25, -0.2) is 0 Å². The number of rotatable bonds is 6. The summed E-state index contributed by atoms with van der Waals surface area (Å²) in [6.45, 7) is 0. The average Bonchev–Trinajstić information content (AvgIpc) is 3.61. The van der Waals surface area contributed by atoms with Crippen LogP contribution < -0.4 is 4.90 Å². The molecule has 262 valence electrons. The van der Waals surface area contributed by atoms with Crippen LogP contribution in [0.5, 0.6) is 0 Å². The molecule has 2 nitrogen and oxygen atoms in total. The fourth-order valence-corrected chi connectivity index (χ4v) is 8.76. The highest BCUT2D eigenvalue weighted by atomic mass is 15.1. The van der Waals surface area contributed by atoms with E-state index in [1.54, 1.807) is 0 Å². The Morgan fingerprint density at radius 1 is 0.304 bits per heavy atom. The molecule has 0 fully saturated rings. The van der Waals surface area contributed by atoms with Gasteiger partial charge in [0.2, 0.25) is 0 Å². The van der Waals surface area contributed by atoms with Crippen LogP contribution in [0.3, 0.4) is 0 Å². The zero-order chi connectivity index (χ0) is 37.0. The molecule has 0 aliphatic heterocycles. The maximum Gasteiger partial charge on any atom is 0.0546 e. The van der Waals surface area contributed by atoms with Gasteiger partial charge in [-0.1, -0.05) is 164 Å². The maximum absolute atomic E-state index is 2.45. The topological polar surface area (TPSA) is 8.17 Å². The molecule has 0 saturated carbocycles. The van der Waals surface area contributed by atoms with E-state index >= 15 is 0 Å². The van der Waals surface area contributed by atoms with E-state index in [1.807, 2.05) is 0 Å². The van der Waals surface area contributed by atoms with Gasteiger partial charge in [0.1, 0.15) is 0 Å². The van der Waals surface area contributed by atoms with Crippen LogP contribution in [0.15, 0.2) is 218 Å². The van der Waals surface area contributed by atoms with Gasteiger partial charge in [0, 0.05) is 33.2 Å². The molecule has 0 radical (unpaired) electrons. The van der Waals surface area contributed by atoms with E-state index in [0.717, 1.165) is 22.7 Å². The third-order valence-electron chi connectivity index (χ3n) is 11.3. The monoisotopic (exact) mass is 712 g/mol. The summed E-state index contributed by atoms with van der Waals surface area (Å²) in [6.07, 6.45) is 0. The Kier molecular flexibility index (Phi) is 7.53. The van der Waals surface area contributed by atoms with E-state index in [1.165, 1.54) is 76.4 Å². The average molecular weight is 713 g/mol. The molecule has 0 aliphatic carbocycles. The summed E-state index contributed by atoms with van der Waals surface area (Å²) in [6, 6.07) is 79.6. The van der Waals surface area contributed by atoms with E-state index in [-0.39, 0.29) is 0 Å². The first-order valence-corrected chi connectivity index (χ1v) is 19.3. The van der Waals surface area contributed by atoms with Crippen LogP contribution in [0, 0.1) is 0 Å². The van der Waals surface area contributed by atoms with Gasteiger partial charge >= 0.3 is 0 Å². The number of fused-ring (bicyclic) bond motifs is 7. The van der Waals surface area contributed by atoms with Crippen LogP contribution >= 0.6 is 0 Å². The SMILES string of the molecule is c1ccc(-c2cc(N(c3ccc4ccccc4c3)c3cc4ccccc4c4ccccc34)ccc2-c2cccc(-n3c4ccccc4c4ccccc43)c2)cc1. The van der Waals surface area contributed by atoms with Crippen molar-refractivity contribution in [3.05, 3.63) is 218 Å². The molecule has 0 atom stereocenters. The molecule has 1 heterocycles. The van der Waals surface area contributed by atoms with Crippen LogP contribution in [0.4, 0.5) is 17.1 Å². The van der Waals surface area contributed by atoms with Crippen LogP contribution in [-0.4, -0.2) is 4.57 Å². The zero-order valence-electron chi connectivity index (χ0n) is 30.7. The van der Waals surface area contributed by atoms with Crippen molar-refractivity contribution >= 4 is 71.2 Å². The largest absolute Gasteiger partial charge is 0.310 e.